The molecule has 0 saturated heterocycles. The van der Waals surface area contributed by atoms with Crippen LogP contribution in [0.4, 0.5) is 5.69 Å². The summed E-state index contributed by atoms with van der Waals surface area (Å²) in [5.41, 5.74) is 6.59. The minimum Gasteiger partial charge on any atom is -0.369 e. The lowest BCUT2D eigenvalue weighted by molar-refractivity contribution is -0.121. The van der Waals surface area contributed by atoms with E-state index in [1.807, 2.05) is 6.92 Å². The monoisotopic (exact) mass is 258 g/mol. The fourth-order valence-corrected chi connectivity index (χ4v) is 2.11. The number of amides is 3. The van der Waals surface area contributed by atoms with Gasteiger partial charge in [-0.3, -0.25) is 14.4 Å². The highest BCUT2D eigenvalue weighted by Gasteiger charge is 2.25. The molecule has 1 aromatic rings. The molecular formula is C14H14N2O3. The highest BCUT2D eigenvalue weighted by Crippen LogP contribution is 2.24. The Kier molecular flexibility index (Phi) is 3.46. The maximum atomic E-state index is 11.5. The first-order valence-electron chi connectivity index (χ1n) is 6.00. The highest BCUT2D eigenvalue weighted by molar-refractivity contribution is 6.28. The second kappa shape index (κ2) is 5.06. The molecule has 1 aliphatic rings. The van der Waals surface area contributed by atoms with Gasteiger partial charge in [-0.1, -0.05) is 19.1 Å². The first kappa shape index (κ1) is 13.0. The highest BCUT2D eigenvalue weighted by atomic mass is 16.2. The predicted molar refractivity (Wildman–Crippen MR) is 70.3 cm³/mol. The fraction of sp³-hybridized carbons (Fsp3) is 0.214. The van der Waals surface area contributed by atoms with E-state index in [9.17, 15) is 14.4 Å². The van der Waals surface area contributed by atoms with Crippen LogP contribution >= 0.6 is 0 Å². The molecule has 0 fully saturated rings. The topological polar surface area (TPSA) is 80.5 Å². The van der Waals surface area contributed by atoms with E-state index in [2.05, 4.69) is 0 Å². The lowest BCUT2D eigenvalue weighted by Gasteiger charge is -2.16. The van der Waals surface area contributed by atoms with Crippen molar-refractivity contribution in [3.8, 4) is 0 Å². The van der Waals surface area contributed by atoms with Crippen molar-refractivity contribution in [2.24, 2.45) is 5.73 Å². The van der Waals surface area contributed by atoms with Crippen LogP contribution in [0.25, 0.3) is 0 Å². The predicted octanol–water partition coefficient (Wildman–Crippen LogP) is 1.09. The molecule has 1 aliphatic heterocycles. The molecule has 98 valence electrons. The summed E-state index contributed by atoms with van der Waals surface area (Å²) >= 11 is 0. The summed E-state index contributed by atoms with van der Waals surface area (Å²) < 4.78 is 0. The molecule has 19 heavy (non-hydrogen) atoms. The van der Waals surface area contributed by atoms with Gasteiger partial charge < -0.3 is 5.73 Å². The van der Waals surface area contributed by atoms with Crippen molar-refractivity contribution >= 4 is 23.4 Å². The van der Waals surface area contributed by atoms with Gasteiger partial charge in [-0.2, -0.15) is 0 Å². The average Bonchev–Trinajstić information content (AvgIpc) is 2.71. The Labute approximate surface area is 110 Å². The van der Waals surface area contributed by atoms with E-state index in [-0.39, 0.29) is 23.6 Å². The van der Waals surface area contributed by atoms with Crippen LogP contribution in [0.2, 0.25) is 0 Å². The summed E-state index contributed by atoms with van der Waals surface area (Å²) in [7, 11) is 0. The molecule has 1 unspecified atom stereocenters. The standard InChI is InChI=1S/C14H14N2O3/c1-2-11(14(15)19)9-3-5-10(6-4-9)16-12(17)7-8-13(16)18/h3-8,11H,2H2,1H3,(H2,15,19). The van der Waals surface area contributed by atoms with E-state index >= 15 is 0 Å². The summed E-state index contributed by atoms with van der Waals surface area (Å²) in [6.07, 6.45) is 3.07. The van der Waals surface area contributed by atoms with E-state index in [1.165, 1.54) is 12.2 Å². The number of hydrogen-bond acceptors (Lipinski definition) is 3. The van der Waals surface area contributed by atoms with Gasteiger partial charge in [-0.25, -0.2) is 4.90 Å². The van der Waals surface area contributed by atoms with Gasteiger partial charge in [-0.05, 0) is 24.1 Å². The lowest BCUT2D eigenvalue weighted by atomic mass is 9.96. The van der Waals surface area contributed by atoms with Gasteiger partial charge in [0.05, 0.1) is 11.6 Å². The van der Waals surface area contributed by atoms with Crippen LogP contribution in [0.15, 0.2) is 36.4 Å². The van der Waals surface area contributed by atoms with Gasteiger partial charge in [-0.15, -0.1) is 0 Å². The molecule has 3 amide bonds. The molecule has 0 spiro atoms. The molecule has 0 aliphatic carbocycles. The molecule has 5 nitrogen and oxygen atoms in total. The van der Waals surface area contributed by atoms with Gasteiger partial charge in [0.1, 0.15) is 0 Å². The van der Waals surface area contributed by atoms with Crippen LogP contribution in [-0.4, -0.2) is 17.7 Å². The number of benzene rings is 1. The Morgan fingerprint density at radius 3 is 2.11 bits per heavy atom. The smallest absolute Gasteiger partial charge is 0.258 e. The molecule has 0 radical (unpaired) electrons. The maximum Gasteiger partial charge on any atom is 0.258 e. The number of primary amides is 1. The molecule has 1 heterocycles. The zero-order valence-corrected chi connectivity index (χ0v) is 10.5. The second-order valence-electron chi connectivity index (χ2n) is 4.30. The SMILES string of the molecule is CCC(C(N)=O)c1ccc(N2C(=O)C=CC2=O)cc1. The summed E-state index contributed by atoms with van der Waals surface area (Å²) in [6.45, 7) is 1.88. The third-order valence-corrected chi connectivity index (χ3v) is 3.11. The summed E-state index contributed by atoms with van der Waals surface area (Å²) in [6, 6.07) is 6.72. The lowest BCUT2D eigenvalue weighted by Crippen LogP contribution is -2.29. The van der Waals surface area contributed by atoms with Gasteiger partial charge in [0, 0.05) is 12.2 Å². The normalized spacial score (nSPS) is 15.9. The van der Waals surface area contributed by atoms with Gasteiger partial charge >= 0.3 is 0 Å². The van der Waals surface area contributed by atoms with Crippen molar-refractivity contribution in [2.75, 3.05) is 4.90 Å². The number of carbonyl (C=O) groups excluding carboxylic acids is 3. The quantitative estimate of drug-likeness (QED) is 0.821. The van der Waals surface area contributed by atoms with E-state index < -0.39 is 0 Å². The zero-order chi connectivity index (χ0) is 14.0. The van der Waals surface area contributed by atoms with Gasteiger partial charge in [0.15, 0.2) is 0 Å². The van der Waals surface area contributed by atoms with Crippen LogP contribution in [0.5, 0.6) is 0 Å². The second-order valence-corrected chi connectivity index (χ2v) is 4.30. The number of rotatable bonds is 4. The number of hydrogen-bond donors (Lipinski definition) is 1. The summed E-state index contributed by atoms with van der Waals surface area (Å²) in [5.74, 6) is -1.46. The molecule has 2 N–H and O–H groups in total. The molecular weight excluding hydrogens is 244 g/mol. The van der Waals surface area contributed by atoms with Crippen LogP contribution in [0.3, 0.4) is 0 Å². The van der Waals surface area contributed by atoms with Crippen molar-refractivity contribution in [3.63, 3.8) is 0 Å². The molecule has 1 aromatic carbocycles. The Morgan fingerprint density at radius 2 is 1.68 bits per heavy atom. The summed E-state index contributed by atoms with van der Waals surface area (Å²) in [5, 5.41) is 0. The van der Waals surface area contributed by atoms with Crippen molar-refractivity contribution in [3.05, 3.63) is 42.0 Å². The van der Waals surface area contributed by atoms with Crippen molar-refractivity contribution in [1.82, 2.24) is 0 Å². The number of anilines is 1. The molecule has 2 rings (SSSR count). The van der Waals surface area contributed by atoms with Crippen molar-refractivity contribution in [2.45, 2.75) is 19.3 Å². The number of nitrogens with zero attached hydrogens (tertiary/aromatic N) is 1. The van der Waals surface area contributed by atoms with Crippen LogP contribution < -0.4 is 10.6 Å². The fourth-order valence-electron chi connectivity index (χ4n) is 2.11. The van der Waals surface area contributed by atoms with Crippen LogP contribution in [0.1, 0.15) is 24.8 Å². The third-order valence-electron chi connectivity index (χ3n) is 3.11. The first-order chi connectivity index (χ1) is 9.04. The zero-order valence-electron chi connectivity index (χ0n) is 10.5. The minimum atomic E-state index is -0.384. The van der Waals surface area contributed by atoms with Gasteiger partial charge in [0.2, 0.25) is 5.91 Å². The van der Waals surface area contributed by atoms with Crippen LogP contribution in [-0.2, 0) is 14.4 Å². The van der Waals surface area contributed by atoms with E-state index in [0.717, 1.165) is 10.5 Å². The number of imide groups is 1. The maximum absolute atomic E-state index is 11.5. The van der Waals surface area contributed by atoms with Gasteiger partial charge in [0.25, 0.3) is 11.8 Å². The first-order valence-corrected chi connectivity index (χ1v) is 6.00. The molecule has 0 bridgehead atoms. The van der Waals surface area contributed by atoms with Crippen molar-refractivity contribution in [1.29, 1.82) is 0 Å². The number of nitrogens with two attached hydrogens (primary N) is 1. The summed E-state index contributed by atoms with van der Waals surface area (Å²) in [4.78, 5) is 35.4. The Hall–Kier alpha value is -2.43. The Balaban J connectivity index is 2.26. The van der Waals surface area contributed by atoms with Crippen LogP contribution in [0, 0.1) is 0 Å². The molecule has 5 heteroatoms. The van der Waals surface area contributed by atoms with E-state index in [1.54, 1.807) is 24.3 Å². The van der Waals surface area contributed by atoms with E-state index in [4.69, 9.17) is 5.73 Å². The minimum absolute atomic E-state index is 0.350. The van der Waals surface area contributed by atoms with E-state index in [0.29, 0.717) is 12.1 Å². The Morgan fingerprint density at radius 1 is 1.16 bits per heavy atom. The largest absolute Gasteiger partial charge is 0.369 e. The molecule has 0 aromatic heterocycles. The average molecular weight is 258 g/mol. The molecule has 1 atom stereocenters. The molecule has 0 saturated carbocycles. The third kappa shape index (κ3) is 2.40. The number of carbonyl (C=O) groups is 3. The van der Waals surface area contributed by atoms with Crippen molar-refractivity contribution < 1.29 is 14.4 Å². The Bertz CT molecular complexity index is 543.